The monoisotopic (exact) mass is 123 g/mol. The summed E-state index contributed by atoms with van der Waals surface area (Å²) in [7, 11) is 1.85. The Hall–Kier alpha value is -1.17. The topological polar surface area (TPSA) is 53.0 Å². The number of nitrogens with two attached hydrogens (primary N) is 1. The zero-order valence-electron chi connectivity index (χ0n) is 5.33. The van der Waals surface area contributed by atoms with Crippen LogP contribution < -0.4 is 5.73 Å². The molecule has 0 amide bonds. The van der Waals surface area contributed by atoms with E-state index >= 15 is 0 Å². The molecular formula is C6H9N3. The van der Waals surface area contributed by atoms with Gasteiger partial charge >= 0.3 is 0 Å². The van der Waals surface area contributed by atoms with Gasteiger partial charge in [-0.1, -0.05) is 0 Å². The van der Waals surface area contributed by atoms with Crippen LogP contribution in [0.5, 0.6) is 0 Å². The van der Waals surface area contributed by atoms with Crippen LogP contribution in [0.4, 0.5) is 0 Å². The van der Waals surface area contributed by atoms with Gasteiger partial charge in [-0.15, -0.1) is 0 Å². The highest BCUT2D eigenvalue weighted by Gasteiger charge is 2.18. The largest absolute Gasteiger partial charge is 0.401 e. The van der Waals surface area contributed by atoms with Gasteiger partial charge in [-0.05, 0) is 0 Å². The lowest BCUT2D eigenvalue weighted by atomic mass is 10.2. The first-order valence-electron chi connectivity index (χ1n) is 2.82. The van der Waals surface area contributed by atoms with Crippen LogP contribution in [0, 0.1) is 11.3 Å². The van der Waals surface area contributed by atoms with Crippen molar-refractivity contribution in [3.8, 4) is 6.07 Å². The van der Waals surface area contributed by atoms with Gasteiger partial charge in [0.1, 0.15) is 6.04 Å². The Morgan fingerprint density at radius 2 is 2.67 bits per heavy atom. The van der Waals surface area contributed by atoms with Crippen LogP contribution in [-0.2, 0) is 0 Å². The number of nitriles is 1. The third-order valence-corrected chi connectivity index (χ3v) is 1.44. The lowest BCUT2D eigenvalue weighted by Crippen LogP contribution is -2.19. The highest BCUT2D eigenvalue weighted by molar-refractivity contribution is 5.13. The Labute approximate surface area is 54.4 Å². The molecule has 0 saturated heterocycles. The van der Waals surface area contributed by atoms with Gasteiger partial charge in [0, 0.05) is 25.4 Å². The first kappa shape index (κ1) is 5.96. The molecule has 0 bridgehead atoms. The molecule has 0 aromatic rings. The summed E-state index contributed by atoms with van der Waals surface area (Å²) in [5.74, 6) is 0. The summed E-state index contributed by atoms with van der Waals surface area (Å²) in [6.07, 6.45) is 2.49. The third-order valence-electron chi connectivity index (χ3n) is 1.44. The maximum atomic E-state index is 8.47. The molecule has 0 aromatic carbocycles. The summed E-state index contributed by atoms with van der Waals surface area (Å²) in [6, 6.07) is 2.10. The van der Waals surface area contributed by atoms with E-state index in [0.29, 0.717) is 6.42 Å². The van der Waals surface area contributed by atoms with Crippen molar-refractivity contribution in [2.24, 2.45) is 5.73 Å². The van der Waals surface area contributed by atoms with Crippen LogP contribution in [0.3, 0.4) is 0 Å². The molecule has 3 nitrogen and oxygen atoms in total. The highest BCUT2D eigenvalue weighted by Crippen LogP contribution is 2.14. The number of nitrogens with zero attached hydrogens (tertiary/aromatic N) is 2. The zero-order chi connectivity index (χ0) is 6.85. The van der Waals surface area contributed by atoms with Crippen LogP contribution in [0.15, 0.2) is 11.9 Å². The molecule has 0 spiro atoms. The molecule has 0 fully saturated rings. The normalized spacial score (nSPS) is 25.6. The first-order chi connectivity index (χ1) is 4.24. The van der Waals surface area contributed by atoms with Crippen molar-refractivity contribution in [3.05, 3.63) is 11.9 Å². The lowest BCUT2D eigenvalue weighted by molar-refractivity contribution is 0.423. The fourth-order valence-corrected chi connectivity index (χ4v) is 0.908. The number of rotatable bonds is 0. The van der Waals surface area contributed by atoms with Gasteiger partial charge < -0.3 is 10.6 Å². The summed E-state index contributed by atoms with van der Waals surface area (Å²) >= 11 is 0. The second-order valence-electron chi connectivity index (χ2n) is 2.22. The van der Waals surface area contributed by atoms with Crippen LogP contribution in [0.2, 0.25) is 0 Å². The summed E-state index contributed by atoms with van der Waals surface area (Å²) < 4.78 is 0. The SMILES string of the molecule is CN1C=C(N)CC1C#N. The average molecular weight is 123 g/mol. The van der Waals surface area contributed by atoms with Crippen molar-refractivity contribution in [1.29, 1.82) is 5.26 Å². The average Bonchev–Trinajstić information content (AvgIpc) is 2.10. The smallest absolute Gasteiger partial charge is 0.121 e. The minimum absolute atomic E-state index is 0.0370. The van der Waals surface area contributed by atoms with E-state index < -0.39 is 0 Å². The van der Waals surface area contributed by atoms with Crippen molar-refractivity contribution < 1.29 is 0 Å². The molecule has 48 valence electrons. The summed E-state index contributed by atoms with van der Waals surface area (Å²) in [6.45, 7) is 0. The molecule has 1 rings (SSSR count). The van der Waals surface area contributed by atoms with Gasteiger partial charge in [0.2, 0.25) is 0 Å². The van der Waals surface area contributed by atoms with E-state index in [2.05, 4.69) is 6.07 Å². The lowest BCUT2D eigenvalue weighted by Gasteiger charge is -2.10. The predicted octanol–water partition coefficient (Wildman–Crippen LogP) is 0.0142. The van der Waals surface area contributed by atoms with Crippen LogP contribution in [0.1, 0.15) is 6.42 Å². The van der Waals surface area contributed by atoms with Gasteiger partial charge in [-0.2, -0.15) is 5.26 Å². The van der Waals surface area contributed by atoms with Gasteiger partial charge in [0.05, 0.1) is 6.07 Å². The van der Waals surface area contributed by atoms with Crippen molar-refractivity contribution >= 4 is 0 Å². The summed E-state index contributed by atoms with van der Waals surface area (Å²) in [5, 5.41) is 8.47. The Kier molecular flexibility index (Phi) is 1.31. The molecule has 0 radical (unpaired) electrons. The van der Waals surface area contributed by atoms with Crippen molar-refractivity contribution in [2.75, 3.05) is 7.05 Å². The zero-order valence-corrected chi connectivity index (χ0v) is 5.33. The molecule has 1 heterocycles. The van der Waals surface area contributed by atoms with E-state index in [1.165, 1.54) is 0 Å². The maximum absolute atomic E-state index is 8.47. The minimum Gasteiger partial charge on any atom is -0.401 e. The summed E-state index contributed by atoms with van der Waals surface area (Å²) in [5.41, 5.74) is 6.25. The molecule has 0 aromatic heterocycles. The second-order valence-corrected chi connectivity index (χ2v) is 2.22. The fourth-order valence-electron chi connectivity index (χ4n) is 0.908. The fraction of sp³-hybridized carbons (Fsp3) is 0.500. The van der Waals surface area contributed by atoms with E-state index in [1.807, 2.05) is 11.9 Å². The molecule has 1 unspecified atom stereocenters. The maximum Gasteiger partial charge on any atom is 0.121 e. The Morgan fingerprint density at radius 3 is 2.89 bits per heavy atom. The molecular weight excluding hydrogens is 114 g/mol. The van der Waals surface area contributed by atoms with E-state index in [1.54, 1.807) is 6.20 Å². The molecule has 0 saturated carbocycles. The van der Waals surface area contributed by atoms with Gasteiger partial charge in [-0.3, -0.25) is 0 Å². The molecule has 1 aliphatic rings. The Bertz CT molecular complexity index is 177. The summed E-state index contributed by atoms with van der Waals surface area (Å²) in [4.78, 5) is 1.83. The minimum atomic E-state index is -0.0370. The molecule has 2 N–H and O–H groups in total. The van der Waals surface area contributed by atoms with Crippen molar-refractivity contribution in [3.63, 3.8) is 0 Å². The molecule has 0 aliphatic carbocycles. The van der Waals surface area contributed by atoms with E-state index in [9.17, 15) is 0 Å². The second kappa shape index (κ2) is 1.98. The van der Waals surface area contributed by atoms with E-state index in [4.69, 9.17) is 11.0 Å². The predicted molar refractivity (Wildman–Crippen MR) is 34.1 cm³/mol. The standard InChI is InChI=1S/C6H9N3/c1-9-4-5(8)2-6(9)3-7/h4,6H,2,8H2,1H3. The van der Waals surface area contributed by atoms with Crippen LogP contribution in [-0.4, -0.2) is 18.0 Å². The number of hydrogen-bond acceptors (Lipinski definition) is 3. The van der Waals surface area contributed by atoms with E-state index in [0.717, 1.165) is 5.70 Å². The Morgan fingerprint density at radius 1 is 2.00 bits per heavy atom. The quantitative estimate of drug-likeness (QED) is 0.494. The van der Waals surface area contributed by atoms with Gasteiger partial charge in [0.15, 0.2) is 0 Å². The first-order valence-corrected chi connectivity index (χ1v) is 2.82. The molecule has 1 aliphatic heterocycles. The number of hydrogen-bond donors (Lipinski definition) is 1. The van der Waals surface area contributed by atoms with Crippen molar-refractivity contribution in [1.82, 2.24) is 4.90 Å². The van der Waals surface area contributed by atoms with Crippen LogP contribution >= 0.6 is 0 Å². The van der Waals surface area contributed by atoms with Gasteiger partial charge in [0.25, 0.3) is 0 Å². The van der Waals surface area contributed by atoms with E-state index in [-0.39, 0.29) is 6.04 Å². The third kappa shape index (κ3) is 0.968. The van der Waals surface area contributed by atoms with Crippen molar-refractivity contribution in [2.45, 2.75) is 12.5 Å². The van der Waals surface area contributed by atoms with Gasteiger partial charge in [-0.25, -0.2) is 0 Å². The molecule has 1 atom stereocenters. The molecule has 9 heavy (non-hydrogen) atoms. The highest BCUT2D eigenvalue weighted by atomic mass is 15.1. The molecule has 3 heteroatoms. The Balaban J connectivity index is 2.63. The van der Waals surface area contributed by atoms with Crippen LogP contribution in [0.25, 0.3) is 0 Å².